The summed E-state index contributed by atoms with van der Waals surface area (Å²) in [6, 6.07) is 5.97. The van der Waals surface area contributed by atoms with Gasteiger partial charge in [-0.15, -0.1) is 11.8 Å². The highest BCUT2D eigenvalue weighted by Crippen LogP contribution is 2.20. The molecule has 0 bridgehead atoms. The molecular weight excluding hydrogens is 206 g/mol. The van der Waals surface area contributed by atoms with E-state index in [-0.39, 0.29) is 0 Å². The van der Waals surface area contributed by atoms with Gasteiger partial charge < -0.3 is 4.90 Å². The summed E-state index contributed by atoms with van der Waals surface area (Å²) >= 11 is 1.82. The van der Waals surface area contributed by atoms with Crippen LogP contribution >= 0.6 is 11.8 Å². The quantitative estimate of drug-likeness (QED) is 0.565. The highest BCUT2D eigenvalue weighted by Gasteiger charge is 1.99. The van der Waals surface area contributed by atoms with E-state index in [1.54, 1.807) is 0 Å². The second kappa shape index (κ2) is 5.93. The molecule has 1 aromatic carbocycles. The van der Waals surface area contributed by atoms with Crippen LogP contribution in [-0.2, 0) is 0 Å². The van der Waals surface area contributed by atoms with Gasteiger partial charge in [-0.05, 0) is 38.7 Å². The number of hydrogen-bond acceptors (Lipinski definition) is 3. The molecule has 2 nitrogen and oxygen atoms in total. The normalized spacial score (nSPS) is 10.7. The minimum absolute atomic E-state index is 0.784. The molecule has 0 atom stereocenters. The average Bonchev–Trinajstić information content (AvgIpc) is 2.17. The lowest BCUT2D eigenvalue weighted by atomic mass is 10.1. The zero-order chi connectivity index (χ0) is 11.3. The van der Waals surface area contributed by atoms with Crippen molar-refractivity contribution in [2.24, 2.45) is 0 Å². The van der Waals surface area contributed by atoms with Crippen LogP contribution < -0.4 is 0 Å². The lowest BCUT2D eigenvalue weighted by Gasteiger charge is -2.09. The first kappa shape index (κ1) is 12.3. The monoisotopic (exact) mass is 223 g/mol. The smallest absolute Gasteiger partial charge is 0.150 e. The van der Waals surface area contributed by atoms with E-state index in [1.807, 2.05) is 30.8 Å². The van der Waals surface area contributed by atoms with Gasteiger partial charge in [-0.2, -0.15) is 0 Å². The molecule has 82 valence electrons. The fourth-order valence-corrected chi connectivity index (χ4v) is 2.33. The van der Waals surface area contributed by atoms with Crippen LogP contribution in [0.1, 0.15) is 15.9 Å². The standard InChI is InChI=1S/C12H17NOS/c1-10-8-12(5-4-11(10)9-14)15-7-6-13(2)3/h4-5,8-9H,6-7H2,1-3H3. The van der Waals surface area contributed by atoms with E-state index in [0.29, 0.717) is 0 Å². The maximum atomic E-state index is 10.6. The van der Waals surface area contributed by atoms with Crippen LogP contribution in [0.25, 0.3) is 0 Å². The minimum atomic E-state index is 0.784. The first-order chi connectivity index (χ1) is 7.13. The van der Waals surface area contributed by atoms with E-state index in [0.717, 1.165) is 29.7 Å². The molecule has 0 N–H and O–H groups in total. The summed E-state index contributed by atoms with van der Waals surface area (Å²) in [6.07, 6.45) is 0.906. The van der Waals surface area contributed by atoms with E-state index in [2.05, 4.69) is 25.1 Å². The number of benzene rings is 1. The molecule has 0 aromatic heterocycles. The summed E-state index contributed by atoms with van der Waals surface area (Å²) in [6.45, 7) is 3.04. The molecule has 0 heterocycles. The van der Waals surface area contributed by atoms with Gasteiger partial charge in [0.25, 0.3) is 0 Å². The van der Waals surface area contributed by atoms with Gasteiger partial charge in [0.2, 0.25) is 0 Å². The Bertz CT molecular complexity index is 336. The van der Waals surface area contributed by atoms with Gasteiger partial charge in [-0.3, -0.25) is 4.79 Å². The van der Waals surface area contributed by atoms with Crippen molar-refractivity contribution in [3.63, 3.8) is 0 Å². The van der Waals surface area contributed by atoms with Gasteiger partial charge >= 0.3 is 0 Å². The predicted molar refractivity (Wildman–Crippen MR) is 65.8 cm³/mol. The summed E-state index contributed by atoms with van der Waals surface area (Å²) in [5, 5.41) is 0. The number of carbonyl (C=O) groups excluding carboxylic acids is 1. The number of rotatable bonds is 5. The van der Waals surface area contributed by atoms with Crippen LogP contribution in [0.5, 0.6) is 0 Å². The van der Waals surface area contributed by atoms with Crippen molar-refractivity contribution in [3.05, 3.63) is 29.3 Å². The van der Waals surface area contributed by atoms with Crippen molar-refractivity contribution in [1.82, 2.24) is 4.90 Å². The summed E-state index contributed by atoms with van der Waals surface area (Å²) in [5.74, 6) is 1.08. The van der Waals surface area contributed by atoms with Crippen LogP contribution in [0.15, 0.2) is 23.1 Å². The molecule has 0 aliphatic rings. The van der Waals surface area contributed by atoms with Crippen LogP contribution in [0.2, 0.25) is 0 Å². The minimum Gasteiger partial charge on any atom is -0.309 e. The van der Waals surface area contributed by atoms with Crippen LogP contribution in [-0.4, -0.2) is 37.6 Å². The third-order valence-corrected chi connectivity index (χ3v) is 3.15. The van der Waals surface area contributed by atoms with E-state index >= 15 is 0 Å². The Morgan fingerprint density at radius 2 is 2.13 bits per heavy atom. The topological polar surface area (TPSA) is 20.3 Å². The van der Waals surface area contributed by atoms with Crippen molar-refractivity contribution in [1.29, 1.82) is 0 Å². The molecular formula is C12H17NOS. The van der Waals surface area contributed by atoms with Crippen LogP contribution in [0.3, 0.4) is 0 Å². The molecule has 0 aliphatic heterocycles. The maximum absolute atomic E-state index is 10.6. The molecule has 0 radical (unpaired) electrons. The Labute approximate surface area is 95.7 Å². The molecule has 1 rings (SSSR count). The Hall–Kier alpha value is -0.800. The third kappa shape index (κ3) is 4.06. The summed E-state index contributed by atoms with van der Waals surface area (Å²) < 4.78 is 0. The van der Waals surface area contributed by atoms with Gasteiger partial charge in [-0.1, -0.05) is 6.07 Å². The van der Waals surface area contributed by atoms with Crippen LogP contribution in [0.4, 0.5) is 0 Å². The Kier molecular flexibility index (Phi) is 4.85. The fraction of sp³-hybridized carbons (Fsp3) is 0.417. The SMILES string of the molecule is Cc1cc(SCCN(C)C)ccc1C=O. The second-order valence-corrected chi connectivity index (χ2v) is 4.96. The number of hydrogen-bond donors (Lipinski definition) is 0. The zero-order valence-corrected chi connectivity index (χ0v) is 10.3. The largest absolute Gasteiger partial charge is 0.309 e. The summed E-state index contributed by atoms with van der Waals surface area (Å²) in [4.78, 5) is 14.0. The number of thioether (sulfide) groups is 1. The molecule has 1 aromatic rings. The lowest BCUT2D eigenvalue weighted by Crippen LogP contribution is -2.14. The predicted octanol–water partition coefficient (Wildman–Crippen LogP) is 2.46. The first-order valence-corrected chi connectivity index (χ1v) is 5.95. The Morgan fingerprint density at radius 3 is 2.67 bits per heavy atom. The third-order valence-electron chi connectivity index (χ3n) is 2.18. The zero-order valence-electron chi connectivity index (χ0n) is 9.49. The van der Waals surface area contributed by atoms with Gasteiger partial charge in [0.1, 0.15) is 6.29 Å². The number of aryl methyl sites for hydroxylation is 1. The fourth-order valence-electron chi connectivity index (χ4n) is 1.22. The molecule has 0 saturated carbocycles. The number of carbonyl (C=O) groups is 1. The van der Waals surface area contributed by atoms with Crippen molar-refractivity contribution < 1.29 is 4.79 Å². The van der Waals surface area contributed by atoms with E-state index in [9.17, 15) is 4.79 Å². The first-order valence-electron chi connectivity index (χ1n) is 4.97. The van der Waals surface area contributed by atoms with Crippen molar-refractivity contribution in [3.8, 4) is 0 Å². The molecule has 0 aliphatic carbocycles. The molecule has 3 heteroatoms. The van der Waals surface area contributed by atoms with Gasteiger partial charge in [-0.25, -0.2) is 0 Å². The molecule has 0 saturated heterocycles. The van der Waals surface area contributed by atoms with Crippen molar-refractivity contribution in [2.45, 2.75) is 11.8 Å². The lowest BCUT2D eigenvalue weighted by molar-refractivity contribution is 0.112. The van der Waals surface area contributed by atoms with Gasteiger partial charge in [0.05, 0.1) is 0 Å². The maximum Gasteiger partial charge on any atom is 0.150 e. The highest BCUT2D eigenvalue weighted by molar-refractivity contribution is 7.99. The molecule has 0 spiro atoms. The van der Waals surface area contributed by atoms with E-state index in [4.69, 9.17) is 0 Å². The van der Waals surface area contributed by atoms with Crippen molar-refractivity contribution in [2.75, 3.05) is 26.4 Å². The van der Waals surface area contributed by atoms with E-state index < -0.39 is 0 Å². The van der Waals surface area contributed by atoms with Crippen molar-refractivity contribution >= 4 is 18.0 Å². The highest BCUT2D eigenvalue weighted by atomic mass is 32.2. The molecule has 0 unspecified atom stereocenters. The molecule has 0 amide bonds. The van der Waals surface area contributed by atoms with E-state index in [1.165, 1.54) is 4.90 Å². The Balaban J connectivity index is 2.56. The average molecular weight is 223 g/mol. The van der Waals surface area contributed by atoms with Crippen LogP contribution in [0, 0.1) is 6.92 Å². The summed E-state index contributed by atoms with van der Waals surface area (Å²) in [5.41, 5.74) is 1.84. The second-order valence-electron chi connectivity index (χ2n) is 3.79. The molecule has 15 heavy (non-hydrogen) atoms. The van der Waals surface area contributed by atoms with Gasteiger partial charge in [0, 0.05) is 22.8 Å². The number of aldehydes is 1. The Morgan fingerprint density at radius 1 is 1.40 bits per heavy atom. The summed E-state index contributed by atoms with van der Waals surface area (Å²) in [7, 11) is 4.14. The number of nitrogens with zero attached hydrogens (tertiary/aromatic N) is 1. The van der Waals surface area contributed by atoms with Gasteiger partial charge in [0.15, 0.2) is 0 Å². The molecule has 0 fully saturated rings.